The Balaban J connectivity index is 1.73. The first-order valence-corrected chi connectivity index (χ1v) is 11.8. The smallest absolute Gasteiger partial charge is 0.307 e. The van der Waals surface area contributed by atoms with Crippen molar-refractivity contribution >= 4 is 29.2 Å². The van der Waals surface area contributed by atoms with E-state index < -0.39 is 29.4 Å². The lowest BCUT2D eigenvalue weighted by molar-refractivity contribution is -0.142. The molecule has 0 bridgehead atoms. The number of hydrogen-bond donors (Lipinski definition) is 0. The molecule has 2 aliphatic rings. The maximum atomic E-state index is 14.0. The lowest BCUT2D eigenvalue weighted by atomic mass is 9.78. The number of para-hydroxylation sites is 2. The second kappa shape index (κ2) is 8.69. The zero-order valence-corrected chi connectivity index (χ0v) is 20.0. The van der Waals surface area contributed by atoms with E-state index in [1.807, 2.05) is 86.6 Å². The van der Waals surface area contributed by atoms with Gasteiger partial charge in [0.05, 0.1) is 42.6 Å². The Morgan fingerprint density at radius 2 is 1.43 bits per heavy atom. The number of fused-ring (bicyclic) bond motifs is 1. The fourth-order valence-corrected chi connectivity index (χ4v) is 5.85. The molecular formula is C29H28N2O4. The first-order chi connectivity index (χ1) is 16.9. The number of imide groups is 1. The third-order valence-corrected chi connectivity index (χ3v) is 7.39. The molecule has 3 aromatic carbocycles. The van der Waals surface area contributed by atoms with Gasteiger partial charge in [0.15, 0.2) is 0 Å². The lowest BCUT2D eigenvalue weighted by Gasteiger charge is -2.42. The molecule has 3 aromatic rings. The molecule has 0 spiro atoms. The van der Waals surface area contributed by atoms with Crippen LogP contribution in [-0.4, -0.2) is 30.4 Å². The number of carbonyl (C=O) groups excluding carboxylic acids is 3. The molecule has 2 fully saturated rings. The van der Waals surface area contributed by atoms with Gasteiger partial charge in [-0.25, -0.2) is 4.90 Å². The number of nitrogens with zero attached hydrogens (tertiary/aromatic N) is 2. The minimum atomic E-state index is -0.981. The van der Waals surface area contributed by atoms with E-state index >= 15 is 0 Å². The molecule has 0 unspecified atom stereocenters. The average molecular weight is 469 g/mol. The average Bonchev–Trinajstić information content (AvgIpc) is 3.29. The summed E-state index contributed by atoms with van der Waals surface area (Å²) in [6, 6.07) is 26.3. The highest BCUT2D eigenvalue weighted by molar-refractivity contribution is 6.23. The number of ether oxygens (including phenoxy) is 1. The highest BCUT2D eigenvalue weighted by Gasteiger charge is 2.68. The van der Waals surface area contributed by atoms with E-state index in [1.165, 1.54) is 12.0 Å². The first kappa shape index (κ1) is 22.8. The van der Waals surface area contributed by atoms with Crippen LogP contribution in [0, 0.1) is 18.8 Å². The number of amides is 2. The van der Waals surface area contributed by atoms with Crippen LogP contribution in [0.4, 0.5) is 11.4 Å². The summed E-state index contributed by atoms with van der Waals surface area (Å²) in [6.07, 6.45) is -0.0242. The third kappa shape index (κ3) is 3.60. The number of methoxy groups -OCH3 is 1. The largest absolute Gasteiger partial charge is 0.469 e. The molecule has 6 nitrogen and oxygen atoms in total. The Morgan fingerprint density at radius 1 is 0.857 bits per heavy atom. The van der Waals surface area contributed by atoms with Crippen molar-refractivity contribution < 1.29 is 19.1 Å². The van der Waals surface area contributed by atoms with Gasteiger partial charge in [0.1, 0.15) is 0 Å². The Kier molecular flexibility index (Phi) is 5.67. The number of esters is 1. The topological polar surface area (TPSA) is 66.9 Å². The van der Waals surface area contributed by atoms with Crippen molar-refractivity contribution in [1.29, 1.82) is 0 Å². The van der Waals surface area contributed by atoms with Crippen molar-refractivity contribution in [2.75, 3.05) is 16.9 Å². The van der Waals surface area contributed by atoms with E-state index in [0.29, 0.717) is 5.69 Å². The van der Waals surface area contributed by atoms with Gasteiger partial charge < -0.3 is 9.64 Å². The van der Waals surface area contributed by atoms with E-state index in [2.05, 4.69) is 4.90 Å². The molecule has 2 aliphatic heterocycles. The Bertz CT molecular complexity index is 1260. The molecule has 6 heteroatoms. The maximum Gasteiger partial charge on any atom is 0.307 e. The summed E-state index contributed by atoms with van der Waals surface area (Å²) in [5.41, 5.74) is 2.45. The summed E-state index contributed by atoms with van der Waals surface area (Å²) in [5.74, 6) is -2.32. The summed E-state index contributed by atoms with van der Waals surface area (Å²) < 4.78 is 5.06. The van der Waals surface area contributed by atoms with E-state index in [0.717, 1.165) is 16.8 Å². The number of hydrogen-bond acceptors (Lipinski definition) is 5. The second-order valence-electron chi connectivity index (χ2n) is 9.52. The zero-order valence-electron chi connectivity index (χ0n) is 20.0. The maximum absolute atomic E-state index is 14.0. The molecule has 0 saturated carbocycles. The Morgan fingerprint density at radius 3 is 2.00 bits per heavy atom. The molecule has 35 heavy (non-hydrogen) atoms. The zero-order chi connectivity index (χ0) is 24.7. The van der Waals surface area contributed by atoms with Gasteiger partial charge in [-0.15, -0.1) is 0 Å². The SMILES string of the molecule is COC(=O)C[C@]1(C)[C@@H]2C(=O)N(c3ccccc3)C(=O)[C@@H]2[C@H](c2ccc(C)cc2)N1c1ccccc1. The lowest BCUT2D eigenvalue weighted by Crippen LogP contribution is -2.52. The van der Waals surface area contributed by atoms with E-state index in [1.54, 1.807) is 12.1 Å². The van der Waals surface area contributed by atoms with Crippen LogP contribution in [0.3, 0.4) is 0 Å². The minimum Gasteiger partial charge on any atom is -0.469 e. The van der Waals surface area contributed by atoms with Gasteiger partial charge in [0.2, 0.25) is 11.8 Å². The van der Waals surface area contributed by atoms with Crippen molar-refractivity contribution in [3.8, 4) is 0 Å². The van der Waals surface area contributed by atoms with Crippen LogP contribution in [0.25, 0.3) is 0 Å². The Hall–Kier alpha value is -3.93. The monoisotopic (exact) mass is 468 g/mol. The number of benzene rings is 3. The second-order valence-corrected chi connectivity index (χ2v) is 9.52. The minimum absolute atomic E-state index is 0.0242. The molecule has 0 aliphatic carbocycles. The van der Waals surface area contributed by atoms with E-state index in [9.17, 15) is 14.4 Å². The normalized spacial score (nSPS) is 25.6. The van der Waals surface area contributed by atoms with Crippen LogP contribution in [0.15, 0.2) is 84.9 Å². The van der Waals surface area contributed by atoms with Gasteiger partial charge in [-0.3, -0.25) is 14.4 Å². The first-order valence-electron chi connectivity index (χ1n) is 11.8. The number of anilines is 2. The van der Waals surface area contributed by atoms with Gasteiger partial charge in [-0.2, -0.15) is 0 Å². The van der Waals surface area contributed by atoms with Gasteiger partial charge in [-0.1, -0.05) is 66.2 Å². The summed E-state index contributed by atoms with van der Waals surface area (Å²) in [7, 11) is 1.35. The molecule has 4 atom stereocenters. The van der Waals surface area contributed by atoms with Crippen LogP contribution in [0.2, 0.25) is 0 Å². The fourth-order valence-electron chi connectivity index (χ4n) is 5.85. The predicted molar refractivity (Wildman–Crippen MR) is 134 cm³/mol. The van der Waals surface area contributed by atoms with Crippen LogP contribution < -0.4 is 9.80 Å². The van der Waals surface area contributed by atoms with Crippen LogP contribution in [0.1, 0.15) is 30.5 Å². The van der Waals surface area contributed by atoms with Crippen molar-refractivity contribution in [3.63, 3.8) is 0 Å². The highest BCUT2D eigenvalue weighted by Crippen LogP contribution is 2.58. The summed E-state index contributed by atoms with van der Waals surface area (Å²) in [6.45, 7) is 3.92. The van der Waals surface area contributed by atoms with E-state index in [4.69, 9.17) is 4.74 Å². The number of carbonyl (C=O) groups is 3. The fraction of sp³-hybridized carbons (Fsp3) is 0.276. The molecule has 2 amide bonds. The molecule has 0 radical (unpaired) electrons. The predicted octanol–water partition coefficient (Wildman–Crippen LogP) is 4.68. The van der Waals surface area contributed by atoms with Gasteiger partial charge in [0, 0.05) is 5.69 Å². The highest BCUT2D eigenvalue weighted by atomic mass is 16.5. The molecule has 0 aromatic heterocycles. The number of rotatable bonds is 5. The third-order valence-electron chi connectivity index (χ3n) is 7.39. The van der Waals surface area contributed by atoms with Crippen molar-refractivity contribution in [1.82, 2.24) is 0 Å². The van der Waals surface area contributed by atoms with Gasteiger partial charge >= 0.3 is 5.97 Å². The summed E-state index contributed by atoms with van der Waals surface area (Å²) in [4.78, 5) is 44.2. The molecule has 0 N–H and O–H groups in total. The Labute approximate surface area is 205 Å². The van der Waals surface area contributed by atoms with Gasteiger partial charge in [0.25, 0.3) is 0 Å². The molecular weight excluding hydrogens is 440 g/mol. The molecule has 178 valence electrons. The molecule has 2 heterocycles. The summed E-state index contributed by atoms with van der Waals surface area (Å²) in [5, 5.41) is 0. The van der Waals surface area contributed by atoms with Crippen molar-refractivity contribution in [2.24, 2.45) is 11.8 Å². The van der Waals surface area contributed by atoms with E-state index in [-0.39, 0.29) is 18.2 Å². The van der Waals surface area contributed by atoms with Crippen molar-refractivity contribution in [2.45, 2.75) is 31.8 Å². The van der Waals surface area contributed by atoms with Crippen LogP contribution in [-0.2, 0) is 19.1 Å². The quantitative estimate of drug-likeness (QED) is 0.402. The standard InChI is InChI=1S/C29H28N2O4/c1-19-14-16-20(17-15-19)26-24-25(28(34)30(27(24)33)21-10-6-4-7-11-21)29(2,18-23(32)35-3)31(26)22-12-8-5-9-13-22/h4-17,24-26H,18H2,1-3H3/t24-,25-,26-,29+/m0/s1. The van der Waals surface area contributed by atoms with Crippen molar-refractivity contribution in [3.05, 3.63) is 96.1 Å². The molecule has 2 saturated heterocycles. The van der Waals surface area contributed by atoms with Crippen LogP contribution >= 0.6 is 0 Å². The van der Waals surface area contributed by atoms with Crippen LogP contribution in [0.5, 0.6) is 0 Å². The molecule has 5 rings (SSSR count). The van der Waals surface area contributed by atoms with Gasteiger partial charge in [-0.05, 0) is 43.7 Å². The number of aryl methyl sites for hydroxylation is 1. The summed E-state index contributed by atoms with van der Waals surface area (Å²) >= 11 is 0.